The van der Waals surface area contributed by atoms with Crippen molar-refractivity contribution in [2.75, 3.05) is 23.0 Å². The lowest BCUT2D eigenvalue weighted by Crippen LogP contribution is -2.36. The second-order valence-electron chi connectivity index (χ2n) is 9.24. The van der Waals surface area contributed by atoms with E-state index in [-0.39, 0.29) is 18.6 Å². The fraction of sp³-hybridized carbons (Fsp3) is 0.222. The van der Waals surface area contributed by atoms with E-state index in [4.69, 9.17) is 11.6 Å². The lowest BCUT2D eigenvalue weighted by atomic mass is 10.1. The molecule has 0 unspecified atom stereocenters. The van der Waals surface area contributed by atoms with Gasteiger partial charge in [-0.3, -0.25) is 4.55 Å². The lowest BCUT2D eigenvalue weighted by molar-refractivity contribution is -0.668. The zero-order chi connectivity index (χ0) is 28.5. The van der Waals surface area contributed by atoms with Crippen molar-refractivity contribution in [2.24, 2.45) is 0 Å². The summed E-state index contributed by atoms with van der Waals surface area (Å²) in [5.41, 5.74) is 3.84. The smallest absolute Gasteiger partial charge is 0.265 e. The maximum atomic E-state index is 11.4. The van der Waals surface area contributed by atoms with Gasteiger partial charge in [0, 0.05) is 34.7 Å². The maximum absolute atomic E-state index is 11.4. The van der Waals surface area contributed by atoms with Crippen molar-refractivity contribution >= 4 is 76.9 Å². The first-order valence-electron chi connectivity index (χ1n) is 12.3. The van der Waals surface area contributed by atoms with Crippen LogP contribution in [-0.4, -0.2) is 44.0 Å². The Kier molecular flexibility index (Phi) is 8.58. The minimum Gasteiger partial charge on any atom is -0.748 e. The summed E-state index contributed by atoms with van der Waals surface area (Å²) in [6, 6.07) is 21.6. The molecule has 4 aromatic rings. The first kappa shape index (κ1) is 29.1. The fourth-order valence-electron chi connectivity index (χ4n) is 4.57. The summed E-state index contributed by atoms with van der Waals surface area (Å²) in [5.74, 6) is -0.835. The highest BCUT2D eigenvalue weighted by Gasteiger charge is 2.28. The van der Waals surface area contributed by atoms with E-state index in [9.17, 15) is 25.9 Å². The SMILES string of the molecule is O=S(=O)([O-])CCCN1C(=Cc2sc3ccc(-c4ccccc4)cc3[n+]2CCCS(=O)(=O)O)Sc2ccc(Cl)cc21. The number of thioether (sulfide) groups is 1. The summed E-state index contributed by atoms with van der Waals surface area (Å²) < 4.78 is 69.0. The molecule has 1 aliphatic heterocycles. The summed E-state index contributed by atoms with van der Waals surface area (Å²) in [5, 5.41) is 2.23. The Morgan fingerprint density at radius 1 is 0.950 bits per heavy atom. The molecule has 40 heavy (non-hydrogen) atoms. The van der Waals surface area contributed by atoms with Crippen LogP contribution in [0.2, 0.25) is 5.02 Å². The number of hydrogen-bond donors (Lipinski definition) is 1. The van der Waals surface area contributed by atoms with Crippen LogP contribution in [0, 0.1) is 0 Å². The van der Waals surface area contributed by atoms with Gasteiger partial charge in [0.1, 0.15) is 4.70 Å². The molecule has 13 heteroatoms. The molecule has 0 spiro atoms. The molecule has 1 N–H and O–H groups in total. The second kappa shape index (κ2) is 11.8. The van der Waals surface area contributed by atoms with Crippen molar-refractivity contribution < 1.29 is 30.5 Å². The van der Waals surface area contributed by atoms with Crippen LogP contribution in [0.1, 0.15) is 17.8 Å². The number of anilines is 1. The Morgan fingerprint density at radius 3 is 2.45 bits per heavy atom. The average molecular weight is 637 g/mol. The fourth-order valence-corrected chi connectivity index (χ4v) is 8.00. The van der Waals surface area contributed by atoms with Crippen LogP contribution in [0.15, 0.2) is 76.7 Å². The highest BCUT2D eigenvalue weighted by Crippen LogP contribution is 2.48. The average Bonchev–Trinajstić information content (AvgIpc) is 3.40. The van der Waals surface area contributed by atoms with E-state index >= 15 is 0 Å². The molecule has 1 aliphatic rings. The highest BCUT2D eigenvalue weighted by molar-refractivity contribution is 8.04. The van der Waals surface area contributed by atoms with Crippen LogP contribution < -0.4 is 9.47 Å². The molecule has 0 bridgehead atoms. The number of thiazole rings is 1. The Labute approximate surface area is 246 Å². The first-order valence-corrected chi connectivity index (χ1v) is 17.5. The van der Waals surface area contributed by atoms with Crippen molar-refractivity contribution in [3.05, 3.63) is 81.8 Å². The molecule has 2 heterocycles. The maximum Gasteiger partial charge on any atom is 0.265 e. The standard InChI is InChI=1S/C27H25ClN2O6S4/c28-21-9-11-25-23(17-21)30(13-5-15-40(34,35)36)27(38-25)18-26-29(12-4-14-39(31,32)33)22-16-20(8-10-24(22)37-26)19-6-2-1-3-7-19/h1-3,6-11,16-18H,4-5,12-15H2,(H-,31,32,33,34,35,36). The monoisotopic (exact) mass is 636 g/mol. The number of aromatic nitrogens is 1. The van der Waals surface area contributed by atoms with Crippen LogP contribution in [-0.2, 0) is 26.8 Å². The highest BCUT2D eigenvalue weighted by atomic mass is 35.5. The van der Waals surface area contributed by atoms with E-state index in [0.29, 0.717) is 18.1 Å². The number of aryl methyl sites for hydroxylation is 1. The van der Waals surface area contributed by atoms with Crippen LogP contribution in [0.25, 0.3) is 27.4 Å². The van der Waals surface area contributed by atoms with E-state index in [1.807, 2.05) is 70.1 Å². The van der Waals surface area contributed by atoms with Crippen molar-refractivity contribution in [3.8, 4) is 11.1 Å². The van der Waals surface area contributed by atoms with Gasteiger partial charge < -0.3 is 9.45 Å². The van der Waals surface area contributed by atoms with Gasteiger partial charge in [-0.25, -0.2) is 8.42 Å². The molecular formula is C27H25ClN2O6S4. The Morgan fingerprint density at radius 2 is 1.73 bits per heavy atom. The molecule has 0 saturated carbocycles. The predicted molar refractivity (Wildman–Crippen MR) is 160 cm³/mol. The van der Waals surface area contributed by atoms with Gasteiger partial charge in [-0.1, -0.05) is 71.1 Å². The van der Waals surface area contributed by atoms with Gasteiger partial charge in [-0.2, -0.15) is 13.0 Å². The number of fused-ring (bicyclic) bond motifs is 2. The van der Waals surface area contributed by atoms with Gasteiger partial charge >= 0.3 is 0 Å². The van der Waals surface area contributed by atoms with Gasteiger partial charge in [-0.05, 0) is 41.8 Å². The molecule has 0 radical (unpaired) electrons. The third-order valence-corrected chi connectivity index (χ3v) is 10.4. The van der Waals surface area contributed by atoms with Crippen LogP contribution in [0.3, 0.4) is 0 Å². The minimum absolute atomic E-state index is 0.150. The van der Waals surface area contributed by atoms with E-state index < -0.39 is 26.0 Å². The molecule has 8 nitrogen and oxygen atoms in total. The van der Waals surface area contributed by atoms with Gasteiger partial charge in [0.2, 0.25) is 5.52 Å². The van der Waals surface area contributed by atoms with Crippen LogP contribution in [0.4, 0.5) is 5.69 Å². The summed E-state index contributed by atoms with van der Waals surface area (Å²) in [7, 11) is -8.47. The molecule has 0 atom stereocenters. The van der Waals surface area contributed by atoms with Crippen LogP contribution in [0.5, 0.6) is 0 Å². The molecule has 210 valence electrons. The number of hydrogen-bond acceptors (Lipinski definition) is 8. The second-order valence-corrected chi connectivity index (χ2v) is 14.9. The zero-order valence-electron chi connectivity index (χ0n) is 21.1. The van der Waals surface area contributed by atoms with Gasteiger partial charge in [0.15, 0.2) is 6.54 Å². The summed E-state index contributed by atoms with van der Waals surface area (Å²) in [6.45, 7) is 0.661. The Bertz CT molecular complexity index is 1810. The molecule has 5 rings (SSSR count). The third-order valence-electron chi connectivity index (χ3n) is 6.34. The molecule has 3 aromatic carbocycles. The lowest BCUT2D eigenvalue weighted by Gasteiger charge is -2.20. The molecule has 0 amide bonds. The summed E-state index contributed by atoms with van der Waals surface area (Å²) in [6.07, 6.45) is 2.36. The van der Waals surface area contributed by atoms with E-state index in [1.165, 1.54) is 11.8 Å². The largest absolute Gasteiger partial charge is 0.748 e. The number of rotatable bonds is 10. The van der Waals surface area contributed by atoms with Crippen molar-refractivity contribution in [1.29, 1.82) is 0 Å². The predicted octanol–water partition coefficient (Wildman–Crippen LogP) is 5.63. The summed E-state index contributed by atoms with van der Waals surface area (Å²) >= 11 is 9.33. The topological polar surface area (TPSA) is 119 Å². The quantitative estimate of drug-likeness (QED) is 0.176. The Balaban J connectivity index is 1.57. The molecule has 0 fully saturated rings. The van der Waals surface area contributed by atoms with Gasteiger partial charge in [0.05, 0.1) is 32.7 Å². The number of benzene rings is 3. The van der Waals surface area contributed by atoms with Gasteiger partial charge in [-0.15, -0.1) is 0 Å². The van der Waals surface area contributed by atoms with Crippen LogP contribution >= 0.6 is 34.7 Å². The van der Waals surface area contributed by atoms with E-state index in [0.717, 1.165) is 42.0 Å². The minimum atomic E-state index is -4.35. The molecule has 0 aliphatic carbocycles. The zero-order valence-corrected chi connectivity index (χ0v) is 25.1. The third kappa shape index (κ3) is 7.06. The summed E-state index contributed by atoms with van der Waals surface area (Å²) in [4.78, 5) is 2.91. The number of halogens is 1. The van der Waals surface area contributed by atoms with Crippen molar-refractivity contribution in [3.63, 3.8) is 0 Å². The molecule has 1 aromatic heterocycles. The molecule has 0 saturated heterocycles. The normalized spacial score (nSPS) is 14.8. The van der Waals surface area contributed by atoms with E-state index in [1.54, 1.807) is 17.4 Å². The van der Waals surface area contributed by atoms with Gasteiger partial charge in [0.25, 0.3) is 15.1 Å². The first-order chi connectivity index (χ1) is 19.0. The Hall–Kier alpha value is -2.45. The van der Waals surface area contributed by atoms with Crippen molar-refractivity contribution in [2.45, 2.75) is 24.3 Å². The van der Waals surface area contributed by atoms with E-state index in [2.05, 4.69) is 6.07 Å². The molecular weight excluding hydrogens is 612 g/mol. The number of nitrogens with zero attached hydrogens (tertiary/aromatic N) is 2. The van der Waals surface area contributed by atoms with Crippen molar-refractivity contribution in [1.82, 2.24) is 0 Å².